The van der Waals surface area contributed by atoms with E-state index in [4.69, 9.17) is 5.73 Å². The first kappa shape index (κ1) is 13.3. The van der Waals surface area contributed by atoms with Crippen molar-refractivity contribution in [2.75, 3.05) is 10.5 Å². The highest BCUT2D eigenvalue weighted by atomic mass is 32.2. The molecule has 2 rings (SSSR count). The van der Waals surface area contributed by atoms with Gasteiger partial charge in [-0.2, -0.15) is 0 Å². The molecule has 0 bridgehead atoms. The van der Waals surface area contributed by atoms with Crippen molar-refractivity contribution in [3.05, 3.63) is 47.9 Å². The van der Waals surface area contributed by atoms with Gasteiger partial charge in [0.15, 0.2) is 0 Å². The molecule has 0 radical (unpaired) electrons. The maximum absolute atomic E-state index is 13.3. The van der Waals surface area contributed by atoms with Gasteiger partial charge >= 0.3 is 0 Å². The predicted molar refractivity (Wildman–Crippen MR) is 70.6 cm³/mol. The molecule has 0 aliphatic heterocycles. The molecule has 0 aliphatic carbocycles. The first-order valence-electron chi connectivity index (χ1n) is 5.40. The first-order chi connectivity index (χ1) is 8.92. The molecule has 0 saturated carbocycles. The third kappa shape index (κ3) is 2.65. The number of hydrogen-bond donors (Lipinski definition) is 2. The van der Waals surface area contributed by atoms with Crippen LogP contribution < -0.4 is 10.5 Å². The van der Waals surface area contributed by atoms with E-state index in [1.807, 2.05) is 0 Å². The zero-order chi connectivity index (χ0) is 14.0. The normalized spacial score (nSPS) is 11.3. The Bertz CT molecular complexity index is 717. The SMILES string of the molecule is Cc1cccnc1NS(=O)(=O)c1cccc(F)c1N. The van der Waals surface area contributed by atoms with Crippen molar-refractivity contribution in [2.24, 2.45) is 0 Å². The van der Waals surface area contributed by atoms with Gasteiger partial charge < -0.3 is 5.73 Å². The Hall–Kier alpha value is -2.15. The van der Waals surface area contributed by atoms with Crippen LogP contribution in [0, 0.1) is 12.7 Å². The summed E-state index contributed by atoms with van der Waals surface area (Å²) in [6, 6.07) is 7.01. The summed E-state index contributed by atoms with van der Waals surface area (Å²) in [5, 5.41) is 0. The number of anilines is 2. The van der Waals surface area contributed by atoms with Crippen LogP contribution in [0.25, 0.3) is 0 Å². The molecular weight excluding hydrogens is 269 g/mol. The third-order valence-corrected chi connectivity index (χ3v) is 3.94. The van der Waals surface area contributed by atoms with Crippen LogP contribution in [-0.4, -0.2) is 13.4 Å². The van der Waals surface area contributed by atoms with E-state index in [9.17, 15) is 12.8 Å². The quantitative estimate of drug-likeness (QED) is 0.842. The number of nitrogens with two attached hydrogens (primary N) is 1. The summed E-state index contributed by atoms with van der Waals surface area (Å²) in [5.74, 6) is -0.591. The van der Waals surface area contributed by atoms with Crippen molar-refractivity contribution in [1.29, 1.82) is 0 Å². The largest absolute Gasteiger partial charge is 0.395 e. The molecule has 0 spiro atoms. The van der Waals surface area contributed by atoms with Gasteiger partial charge in [0.2, 0.25) is 0 Å². The summed E-state index contributed by atoms with van der Waals surface area (Å²) in [6.45, 7) is 1.71. The fraction of sp³-hybridized carbons (Fsp3) is 0.0833. The summed E-state index contributed by atoms with van der Waals surface area (Å²) >= 11 is 0. The van der Waals surface area contributed by atoms with E-state index < -0.39 is 21.5 Å². The number of rotatable bonds is 3. The molecule has 0 fully saturated rings. The standard InChI is InChI=1S/C12H12FN3O2S/c1-8-4-3-7-15-12(8)16-19(17,18)10-6-2-5-9(13)11(10)14/h2-7H,14H2,1H3,(H,15,16). The van der Waals surface area contributed by atoms with Crippen molar-refractivity contribution in [3.63, 3.8) is 0 Å². The molecule has 1 aromatic heterocycles. The molecule has 7 heteroatoms. The Kier molecular flexibility index (Phi) is 3.39. The van der Waals surface area contributed by atoms with Crippen LogP contribution in [0.2, 0.25) is 0 Å². The number of hydrogen-bond acceptors (Lipinski definition) is 4. The minimum Gasteiger partial charge on any atom is -0.395 e. The van der Waals surface area contributed by atoms with Crippen LogP contribution in [0.1, 0.15) is 5.56 Å². The minimum atomic E-state index is -3.97. The van der Waals surface area contributed by atoms with Gasteiger partial charge in [-0.05, 0) is 30.7 Å². The minimum absolute atomic E-state index is 0.186. The van der Waals surface area contributed by atoms with E-state index in [2.05, 4.69) is 9.71 Å². The predicted octanol–water partition coefficient (Wildman–Crippen LogP) is 1.91. The number of sulfonamides is 1. The number of aryl methyl sites for hydroxylation is 1. The van der Waals surface area contributed by atoms with Crippen LogP contribution >= 0.6 is 0 Å². The van der Waals surface area contributed by atoms with Crippen molar-refractivity contribution in [3.8, 4) is 0 Å². The maximum Gasteiger partial charge on any atom is 0.265 e. The van der Waals surface area contributed by atoms with Gasteiger partial charge in [0.05, 0.1) is 5.69 Å². The monoisotopic (exact) mass is 281 g/mol. The van der Waals surface area contributed by atoms with Gasteiger partial charge in [0.25, 0.3) is 10.0 Å². The van der Waals surface area contributed by atoms with Gasteiger partial charge in [0.1, 0.15) is 16.5 Å². The second-order valence-corrected chi connectivity index (χ2v) is 5.58. The smallest absolute Gasteiger partial charge is 0.265 e. The van der Waals surface area contributed by atoms with Crippen LogP contribution in [-0.2, 0) is 10.0 Å². The zero-order valence-corrected chi connectivity index (χ0v) is 10.9. The molecule has 1 aromatic carbocycles. The van der Waals surface area contributed by atoms with Crippen LogP contribution in [0.4, 0.5) is 15.9 Å². The number of benzene rings is 1. The van der Waals surface area contributed by atoms with E-state index in [-0.39, 0.29) is 10.7 Å². The molecule has 2 aromatic rings. The van der Waals surface area contributed by atoms with Gasteiger partial charge in [-0.3, -0.25) is 4.72 Å². The summed E-state index contributed by atoms with van der Waals surface area (Å²) in [5.41, 5.74) is 5.69. The number of para-hydroxylation sites is 1. The number of halogens is 1. The van der Waals surface area contributed by atoms with Crippen LogP contribution in [0.3, 0.4) is 0 Å². The van der Waals surface area contributed by atoms with E-state index in [1.54, 1.807) is 19.1 Å². The molecule has 0 unspecified atom stereocenters. The van der Waals surface area contributed by atoms with Crippen LogP contribution in [0.5, 0.6) is 0 Å². The van der Waals surface area contributed by atoms with E-state index in [0.717, 1.165) is 6.07 Å². The highest BCUT2D eigenvalue weighted by Crippen LogP contribution is 2.23. The molecule has 0 saturated heterocycles. The lowest BCUT2D eigenvalue weighted by Crippen LogP contribution is -2.16. The fourth-order valence-corrected chi connectivity index (χ4v) is 2.75. The van der Waals surface area contributed by atoms with Gasteiger partial charge in [-0.25, -0.2) is 17.8 Å². The van der Waals surface area contributed by atoms with Gasteiger partial charge in [-0.1, -0.05) is 12.1 Å². The van der Waals surface area contributed by atoms with Gasteiger partial charge in [0, 0.05) is 6.20 Å². The average Bonchev–Trinajstić information content (AvgIpc) is 2.35. The van der Waals surface area contributed by atoms with Crippen LogP contribution in [0.15, 0.2) is 41.4 Å². The van der Waals surface area contributed by atoms with Crippen molar-refractivity contribution in [1.82, 2.24) is 4.98 Å². The summed E-state index contributed by atoms with van der Waals surface area (Å²) < 4.78 is 39.8. The summed E-state index contributed by atoms with van der Waals surface area (Å²) in [6.07, 6.45) is 1.46. The van der Waals surface area contributed by atoms with Crippen molar-refractivity contribution in [2.45, 2.75) is 11.8 Å². The van der Waals surface area contributed by atoms with Gasteiger partial charge in [-0.15, -0.1) is 0 Å². The highest BCUT2D eigenvalue weighted by molar-refractivity contribution is 7.92. The van der Waals surface area contributed by atoms with E-state index >= 15 is 0 Å². The second-order valence-electron chi connectivity index (χ2n) is 3.93. The first-order valence-corrected chi connectivity index (χ1v) is 6.88. The Labute approximate surface area is 110 Å². The molecular formula is C12H12FN3O2S. The molecule has 3 N–H and O–H groups in total. The molecule has 0 atom stereocenters. The van der Waals surface area contributed by atoms with E-state index in [1.165, 1.54) is 18.3 Å². The van der Waals surface area contributed by atoms with E-state index in [0.29, 0.717) is 5.56 Å². The lowest BCUT2D eigenvalue weighted by atomic mass is 10.3. The number of aromatic nitrogens is 1. The average molecular weight is 281 g/mol. The number of pyridine rings is 1. The lowest BCUT2D eigenvalue weighted by molar-refractivity contribution is 0.597. The summed E-state index contributed by atoms with van der Waals surface area (Å²) in [7, 11) is -3.97. The molecule has 5 nitrogen and oxygen atoms in total. The molecule has 0 aliphatic rings. The lowest BCUT2D eigenvalue weighted by Gasteiger charge is -2.11. The molecule has 1 heterocycles. The highest BCUT2D eigenvalue weighted by Gasteiger charge is 2.20. The number of nitrogens with zero attached hydrogens (tertiary/aromatic N) is 1. The zero-order valence-electron chi connectivity index (χ0n) is 10.1. The molecule has 19 heavy (non-hydrogen) atoms. The maximum atomic E-state index is 13.3. The Morgan fingerprint density at radius 3 is 2.68 bits per heavy atom. The number of nitrogen functional groups attached to an aromatic ring is 1. The second kappa shape index (κ2) is 4.85. The topological polar surface area (TPSA) is 85.1 Å². The Morgan fingerprint density at radius 1 is 1.26 bits per heavy atom. The molecule has 100 valence electrons. The number of nitrogens with one attached hydrogen (secondary N) is 1. The van der Waals surface area contributed by atoms with Crippen molar-refractivity contribution < 1.29 is 12.8 Å². The summed E-state index contributed by atoms with van der Waals surface area (Å²) in [4.78, 5) is 3.61. The Balaban J connectivity index is 2.44. The Morgan fingerprint density at radius 2 is 2.00 bits per heavy atom. The van der Waals surface area contributed by atoms with Crippen molar-refractivity contribution >= 4 is 21.5 Å². The third-order valence-electron chi connectivity index (χ3n) is 2.54. The fourth-order valence-electron chi connectivity index (χ4n) is 1.53. The molecule has 0 amide bonds.